The van der Waals surface area contributed by atoms with Crippen LogP contribution < -0.4 is 5.73 Å². The quantitative estimate of drug-likeness (QED) is 0.906. The topological polar surface area (TPSA) is 26.0 Å². The summed E-state index contributed by atoms with van der Waals surface area (Å²) in [5.74, 6) is -0.362. The highest BCUT2D eigenvalue weighted by Crippen LogP contribution is 2.20. The molecule has 0 saturated carbocycles. The molecule has 0 unspecified atom stereocenters. The first kappa shape index (κ1) is 13.8. The molecular formula is C9H11BrClF2N. The van der Waals surface area contributed by atoms with Crippen LogP contribution in [0, 0.1) is 5.82 Å². The molecule has 0 heterocycles. The third-order valence-corrected chi connectivity index (χ3v) is 2.19. The monoisotopic (exact) mass is 285 g/mol. The van der Waals surface area contributed by atoms with E-state index in [0.29, 0.717) is 10.0 Å². The molecule has 1 nitrogen and oxygen atoms in total. The van der Waals surface area contributed by atoms with Gasteiger partial charge in [0.25, 0.3) is 0 Å². The zero-order valence-corrected chi connectivity index (χ0v) is 9.75. The molecule has 5 heteroatoms. The molecule has 1 aromatic carbocycles. The highest BCUT2D eigenvalue weighted by Gasteiger charge is 2.07. The maximum Gasteiger partial charge on any atom is 0.124 e. The lowest BCUT2D eigenvalue weighted by atomic mass is 10.1. The summed E-state index contributed by atoms with van der Waals surface area (Å²) < 4.78 is 25.4. The number of nitrogens with two attached hydrogens (primary N) is 1. The molecule has 0 aliphatic rings. The zero-order chi connectivity index (χ0) is 9.84. The van der Waals surface area contributed by atoms with Gasteiger partial charge in [-0.15, -0.1) is 12.4 Å². The van der Waals surface area contributed by atoms with Crippen molar-refractivity contribution >= 4 is 28.3 Å². The highest BCUT2D eigenvalue weighted by atomic mass is 79.9. The third-order valence-electron chi connectivity index (χ3n) is 1.73. The van der Waals surface area contributed by atoms with Crippen LogP contribution in [0.2, 0.25) is 0 Å². The predicted molar refractivity (Wildman–Crippen MR) is 58.9 cm³/mol. The largest absolute Gasteiger partial charge is 0.324 e. The van der Waals surface area contributed by atoms with Crippen LogP contribution in [-0.4, -0.2) is 6.67 Å². The van der Waals surface area contributed by atoms with E-state index in [1.54, 1.807) is 6.07 Å². The normalized spacial score (nSPS) is 12.0. The van der Waals surface area contributed by atoms with Crippen molar-refractivity contribution in [2.75, 3.05) is 6.67 Å². The fourth-order valence-corrected chi connectivity index (χ4v) is 1.56. The first-order valence-corrected chi connectivity index (χ1v) is 4.70. The molecule has 80 valence electrons. The van der Waals surface area contributed by atoms with Gasteiger partial charge in [-0.05, 0) is 30.2 Å². The Morgan fingerprint density at radius 2 is 2.00 bits per heavy atom. The van der Waals surface area contributed by atoms with Crippen LogP contribution in [0.25, 0.3) is 0 Å². The van der Waals surface area contributed by atoms with Gasteiger partial charge < -0.3 is 5.73 Å². The number of halogens is 4. The van der Waals surface area contributed by atoms with Gasteiger partial charge in [-0.1, -0.05) is 15.9 Å². The fraction of sp³-hybridized carbons (Fsp3) is 0.333. The van der Waals surface area contributed by atoms with Gasteiger partial charge in [-0.3, -0.25) is 4.39 Å². The molecule has 0 radical (unpaired) electrons. The maximum atomic E-state index is 12.8. The van der Waals surface area contributed by atoms with Crippen molar-refractivity contribution in [2.24, 2.45) is 5.73 Å². The molecule has 14 heavy (non-hydrogen) atoms. The Kier molecular flexibility index (Phi) is 6.24. The van der Waals surface area contributed by atoms with Gasteiger partial charge in [0, 0.05) is 10.5 Å². The van der Waals surface area contributed by atoms with Crippen LogP contribution in [0.15, 0.2) is 22.7 Å². The molecule has 2 N–H and O–H groups in total. The summed E-state index contributed by atoms with van der Waals surface area (Å²) in [6.45, 7) is -0.491. The van der Waals surface area contributed by atoms with Crippen molar-refractivity contribution in [3.8, 4) is 0 Å². The minimum Gasteiger partial charge on any atom is -0.324 e. The van der Waals surface area contributed by atoms with Gasteiger partial charge in [0.05, 0.1) is 6.67 Å². The molecule has 1 aromatic rings. The molecule has 0 saturated heterocycles. The molecule has 1 rings (SSSR count). The van der Waals surface area contributed by atoms with Crippen LogP contribution in [0.5, 0.6) is 0 Å². The minimum absolute atomic E-state index is 0. The van der Waals surface area contributed by atoms with E-state index in [4.69, 9.17) is 5.73 Å². The first-order chi connectivity index (χ1) is 6.13. The van der Waals surface area contributed by atoms with E-state index in [9.17, 15) is 8.78 Å². The number of rotatable bonds is 3. The average molecular weight is 287 g/mol. The van der Waals surface area contributed by atoms with Crippen LogP contribution in [-0.2, 0) is 0 Å². The first-order valence-electron chi connectivity index (χ1n) is 3.91. The molecule has 0 aliphatic carbocycles. The smallest absolute Gasteiger partial charge is 0.124 e. The van der Waals surface area contributed by atoms with Crippen molar-refractivity contribution in [3.05, 3.63) is 34.1 Å². The number of alkyl halides is 1. The Morgan fingerprint density at radius 3 is 2.50 bits per heavy atom. The van der Waals surface area contributed by atoms with Gasteiger partial charge >= 0.3 is 0 Å². The fourth-order valence-electron chi connectivity index (χ4n) is 1.07. The standard InChI is InChI=1S/C9H10BrF2N.ClH/c10-7-3-6(4-8(12)5-7)9(13)1-2-11;/h3-5,9H,1-2,13H2;1H/t9-;/m0./s1. The van der Waals surface area contributed by atoms with E-state index in [1.165, 1.54) is 12.1 Å². The van der Waals surface area contributed by atoms with Crippen molar-refractivity contribution in [3.63, 3.8) is 0 Å². The molecule has 0 bridgehead atoms. The summed E-state index contributed by atoms with van der Waals surface area (Å²) in [5, 5.41) is 0. The van der Waals surface area contributed by atoms with E-state index >= 15 is 0 Å². The second kappa shape index (κ2) is 6.32. The maximum absolute atomic E-state index is 12.8. The highest BCUT2D eigenvalue weighted by molar-refractivity contribution is 9.10. The van der Waals surface area contributed by atoms with Crippen molar-refractivity contribution in [1.29, 1.82) is 0 Å². The Morgan fingerprint density at radius 1 is 1.36 bits per heavy atom. The summed E-state index contributed by atoms with van der Waals surface area (Å²) in [6.07, 6.45) is 0.218. The predicted octanol–water partition coefficient (Wildman–Crippen LogP) is 3.37. The zero-order valence-electron chi connectivity index (χ0n) is 7.34. The molecule has 1 atom stereocenters. The summed E-state index contributed by atoms with van der Waals surface area (Å²) in [6, 6.07) is 3.93. The summed E-state index contributed by atoms with van der Waals surface area (Å²) >= 11 is 3.14. The lowest BCUT2D eigenvalue weighted by Gasteiger charge is -2.10. The van der Waals surface area contributed by atoms with E-state index in [0.717, 1.165) is 0 Å². The van der Waals surface area contributed by atoms with E-state index in [1.807, 2.05) is 0 Å². The van der Waals surface area contributed by atoms with Crippen LogP contribution in [0.3, 0.4) is 0 Å². The Bertz CT molecular complexity index is 276. The summed E-state index contributed by atoms with van der Waals surface area (Å²) in [5.41, 5.74) is 6.23. The molecule has 0 spiro atoms. The summed E-state index contributed by atoms with van der Waals surface area (Å²) in [7, 11) is 0. The van der Waals surface area contributed by atoms with E-state index in [-0.39, 0.29) is 24.6 Å². The number of hydrogen-bond acceptors (Lipinski definition) is 1. The van der Waals surface area contributed by atoms with Gasteiger partial charge in [0.15, 0.2) is 0 Å². The van der Waals surface area contributed by atoms with Crippen molar-refractivity contribution < 1.29 is 8.78 Å². The third kappa shape index (κ3) is 3.90. The van der Waals surface area contributed by atoms with E-state index in [2.05, 4.69) is 15.9 Å². The molecule has 0 fully saturated rings. The second-order valence-electron chi connectivity index (χ2n) is 2.79. The van der Waals surface area contributed by atoms with Crippen molar-refractivity contribution in [2.45, 2.75) is 12.5 Å². The van der Waals surface area contributed by atoms with Gasteiger partial charge in [0.1, 0.15) is 5.82 Å². The molecule has 0 amide bonds. The molecular weight excluding hydrogens is 275 g/mol. The number of hydrogen-bond donors (Lipinski definition) is 1. The van der Waals surface area contributed by atoms with Crippen molar-refractivity contribution in [1.82, 2.24) is 0 Å². The van der Waals surface area contributed by atoms with Gasteiger partial charge in [-0.2, -0.15) is 0 Å². The van der Waals surface area contributed by atoms with Crippen LogP contribution in [0.4, 0.5) is 8.78 Å². The molecule has 0 aliphatic heterocycles. The van der Waals surface area contributed by atoms with Crippen LogP contribution >= 0.6 is 28.3 Å². The van der Waals surface area contributed by atoms with Gasteiger partial charge in [0.2, 0.25) is 0 Å². The molecule has 0 aromatic heterocycles. The number of benzene rings is 1. The average Bonchev–Trinajstić information content (AvgIpc) is 2.03. The second-order valence-corrected chi connectivity index (χ2v) is 3.70. The summed E-state index contributed by atoms with van der Waals surface area (Å²) in [4.78, 5) is 0. The SMILES string of the molecule is Cl.N[C@@H](CCF)c1cc(F)cc(Br)c1. The Hall–Kier alpha value is -0.190. The van der Waals surface area contributed by atoms with Gasteiger partial charge in [-0.25, -0.2) is 4.39 Å². The van der Waals surface area contributed by atoms with E-state index < -0.39 is 12.7 Å². The Labute approximate surface area is 96.2 Å². The minimum atomic E-state index is -0.491. The van der Waals surface area contributed by atoms with Crippen LogP contribution in [0.1, 0.15) is 18.0 Å². The lowest BCUT2D eigenvalue weighted by Crippen LogP contribution is -2.11. The lowest BCUT2D eigenvalue weighted by molar-refractivity contribution is 0.441. The Balaban J connectivity index is 0.00000169.